The molecule has 0 radical (unpaired) electrons. The van der Waals surface area contributed by atoms with E-state index in [1.165, 1.54) is 20.8 Å². The zero-order valence-electron chi connectivity index (χ0n) is 29.3. The normalized spacial score (nSPS) is 34.2. The molecule has 0 spiro atoms. The summed E-state index contributed by atoms with van der Waals surface area (Å²) in [5, 5.41) is 9.99. The molecule has 3 fully saturated rings. The predicted octanol–water partition coefficient (Wildman–Crippen LogP) is 3.86. The van der Waals surface area contributed by atoms with Crippen molar-refractivity contribution in [1.82, 2.24) is 0 Å². The van der Waals surface area contributed by atoms with Crippen molar-refractivity contribution in [3.05, 3.63) is 23.8 Å². The largest absolute Gasteiger partial charge is 0.462 e. The summed E-state index contributed by atoms with van der Waals surface area (Å²) in [4.78, 5) is 65.0. The second-order valence-electron chi connectivity index (χ2n) is 13.6. The van der Waals surface area contributed by atoms with Crippen LogP contribution in [0, 0.1) is 35.5 Å². The molecule has 2 aliphatic carbocycles. The molecule has 1 N–H and O–H groups in total. The first-order chi connectivity index (χ1) is 21.9. The molecule has 47 heavy (non-hydrogen) atoms. The fourth-order valence-corrected chi connectivity index (χ4v) is 6.87. The van der Waals surface area contributed by atoms with Gasteiger partial charge in [0, 0.05) is 37.7 Å². The highest BCUT2D eigenvalue weighted by Gasteiger charge is 2.71. The fourth-order valence-electron chi connectivity index (χ4n) is 6.87. The van der Waals surface area contributed by atoms with Crippen LogP contribution in [-0.4, -0.2) is 83.8 Å². The Hall–Kier alpha value is -3.25. The SMILES string of the molecule is C=C1[C@@H]2[C@H](OC(=O)[C@H](C)CC)[C@H](OC(C)=O)[C@H]([C@H](C)OC(C)=O)[C@H]2[C@H]([C@@]2(C)CO2)[C@@H](OC(=O)[C@H](C)CC)[C@H]1OC(=O)/C=C(\C)[C@H](C)O. The minimum Gasteiger partial charge on any atom is -0.462 e. The maximum atomic E-state index is 13.4. The van der Waals surface area contributed by atoms with E-state index >= 15 is 0 Å². The Labute approximate surface area is 277 Å². The number of fused-ring (bicyclic) bond motifs is 1. The molecular formula is C35H52O12. The van der Waals surface area contributed by atoms with Crippen molar-refractivity contribution in [1.29, 1.82) is 0 Å². The molecule has 0 amide bonds. The topological polar surface area (TPSA) is 164 Å². The molecule has 3 aliphatic rings. The third kappa shape index (κ3) is 8.43. The molecule has 1 aliphatic heterocycles. The zero-order chi connectivity index (χ0) is 35.5. The summed E-state index contributed by atoms with van der Waals surface area (Å²) < 4.78 is 36.0. The standard InChI is InChI=1S/C35H52O12/c1-12-16(3)33(40)46-30-25-19(6)29(45-24(39)14-18(5)20(7)36)32(47-34(41)17(4)13-2)28(35(11)15-42-35)27(25)26(21(8)43-22(9)37)31(30)44-23(10)38/h14,16-17,20-21,25-32,36H,6,12-13,15H2,1-5,7-11H3/b18-14+/t16-,17-,20+,21+,25+,26-,27+,28+,29+,30+,31-,32-,35-/m1/s1. The average Bonchev–Trinajstić information content (AvgIpc) is 3.65. The predicted molar refractivity (Wildman–Crippen MR) is 168 cm³/mol. The molecule has 12 nitrogen and oxygen atoms in total. The van der Waals surface area contributed by atoms with Gasteiger partial charge in [0.2, 0.25) is 0 Å². The van der Waals surface area contributed by atoms with Crippen molar-refractivity contribution >= 4 is 29.8 Å². The van der Waals surface area contributed by atoms with E-state index in [2.05, 4.69) is 6.58 Å². The number of hydrogen-bond acceptors (Lipinski definition) is 12. The quantitative estimate of drug-likeness (QED) is 0.0996. The Morgan fingerprint density at radius 2 is 1.43 bits per heavy atom. The average molecular weight is 665 g/mol. The third-order valence-corrected chi connectivity index (χ3v) is 10.1. The van der Waals surface area contributed by atoms with Gasteiger partial charge in [-0.25, -0.2) is 4.79 Å². The Morgan fingerprint density at radius 1 is 0.894 bits per heavy atom. The smallest absolute Gasteiger partial charge is 0.331 e. The van der Waals surface area contributed by atoms with Crippen LogP contribution >= 0.6 is 0 Å². The molecule has 0 aromatic carbocycles. The third-order valence-electron chi connectivity index (χ3n) is 10.1. The van der Waals surface area contributed by atoms with E-state index in [9.17, 15) is 29.1 Å². The number of carbonyl (C=O) groups is 5. The molecule has 0 aromatic heterocycles. The van der Waals surface area contributed by atoms with Crippen molar-refractivity contribution in [3.63, 3.8) is 0 Å². The fraction of sp³-hybridized carbons (Fsp3) is 0.743. The molecule has 12 heteroatoms. The monoisotopic (exact) mass is 664 g/mol. The Bertz CT molecular complexity index is 1250. The number of carbonyl (C=O) groups excluding carboxylic acids is 5. The summed E-state index contributed by atoms with van der Waals surface area (Å²) in [6, 6.07) is 0. The lowest BCUT2D eigenvalue weighted by molar-refractivity contribution is -0.185. The van der Waals surface area contributed by atoms with Crippen LogP contribution in [0.15, 0.2) is 23.8 Å². The maximum Gasteiger partial charge on any atom is 0.331 e. The van der Waals surface area contributed by atoms with Crippen molar-refractivity contribution in [3.8, 4) is 0 Å². The van der Waals surface area contributed by atoms with Crippen LogP contribution < -0.4 is 0 Å². The zero-order valence-corrected chi connectivity index (χ0v) is 29.3. The summed E-state index contributed by atoms with van der Waals surface area (Å²) in [5.74, 6) is -6.93. The number of esters is 5. The Morgan fingerprint density at radius 3 is 1.87 bits per heavy atom. The van der Waals surface area contributed by atoms with Gasteiger partial charge in [0.05, 0.1) is 30.1 Å². The maximum absolute atomic E-state index is 13.4. The molecule has 3 rings (SSSR count). The first-order valence-corrected chi connectivity index (χ1v) is 16.5. The molecule has 1 saturated heterocycles. The van der Waals surface area contributed by atoms with Gasteiger partial charge in [0.25, 0.3) is 0 Å². The lowest BCUT2D eigenvalue weighted by Crippen LogP contribution is -2.58. The van der Waals surface area contributed by atoms with Crippen LogP contribution in [0.4, 0.5) is 0 Å². The van der Waals surface area contributed by atoms with Gasteiger partial charge in [0.1, 0.15) is 24.4 Å². The van der Waals surface area contributed by atoms with Gasteiger partial charge < -0.3 is 33.5 Å². The number of aliphatic hydroxyl groups is 1. The summed E-state index contributed by atoms with van der Waals surface area (Å²) in [5.41, 5.74) is -0.265. The van der Waals surface area contributed by atoms with Crippen molar-refractivity contribution in [2.75, 3.05) is 6.61 Å². The number of epoxide rings is 1. The Kier molecular flexibility index (Phi) is 12.4. The molecule has 13 atom stereocenters. The Balaban J connectivity index is 2.29. The van der Waals surface area contributed by atoms with Gasteiger partial charge >= 0.3 is 29.8 Å². The van der Waals surface area contributed by atoms with Crippen LogP contribution in [-0.2, 0) is 52.4 Å². The molecule has 0 unspecified atom stereocenters. The number of hydrogen-bond donors (Lipinski definition) is 1. The van der Waals surface area contributed by atoms with Crippen molar-refractivity contribution in [2.45, 2.75) is 124 Å². The summed E-state index contributed by atoms with van der Waals surface area (Å²) in [6.45, 7) is 20.8. The minimum absolute atomic E-state index is 0.274. The second kappa shape index (κ2) is 15.3. The van der Waals surface area contributed by atoms with Gasteiger partial charge in [-0.2, -0.15) is 0 Å². The van der Waals surface area contributed by atoms with E-state index < -0.39 is 108 Å². The van der Waals surface area contributed by atoms with Crippen LogP contribution in [0.2, 0.25) is 0 Å². The van der Waals surface area contributed by atoms with Crippen molar-refractivity contribution in [2.24, 2.45) is 35.5 Å². The lowest BCUT2D eigenvalue weighted by atomic mass is 9.61. The highest BCUT2D eigenvalue weighted by atomic mass is 16.6. The van der Waals surface area contributed by atoms with E-state index in [4.69, 9.17) is 28.4 Å². The van der Waals surface area contributed by atoms with E-state index in [1.807, 2.05) is 20.8 Å². The summed E-state index contributed by atoms with van der Waals surface area (Å²) in [7, 11) is 0. The van der Waals surface area contributed by atoms with E-state index in [0.717, 1.165) is 6.08 Å². The lowest BCUT2D eigenvalue weighted by Gasteiger charge is -2.48. The first kappa shape index (κ1) is 38.2. The summed E-state index contributed by atoms with van der Waals surface area (Å²) in [6.07, 6.45) is -4.17. The molecule has 264 valence electrons. The number of rotatable bonds is 13. The van der Waals surface area contributed by atoms with Crippen LogP contribution in [0.5, 0.6) is 0 Å². The van der Waals surface area contributed by atoms with Crippen molar-refractivity contribution < 1.29 is 57.5 Å². The van der Waals surface area contributed by atoms with E-state index in [0.29, 0.717) is 18.4 Å². The second-order valence-corrected chi connectivity index (χ2v) is 13.6. The minimum atomic E-state index is -1.23. The molecule has 0 bridgehead atoms. The first-order valence-electron chi connectivity index (χ1n) is 16.5. The van der Waals surface area contributed by atoms with Crippen LogP contribution in [0.25, 0.3) is 0 Å². The molecule has 2 saturated carbocycles. The van der Waals surface area contributed by atoms with Crippen LogP contribution in [0.1, 0.15) is 82.1 Å². The van der Waals surface area contributed by atoms with Crippen LogP contribution in [0.3, 0.4) is 0 Å². The number of ether oxygens (including phenoxy) is 6. The number of aliphatic hydroxyl groups excluding tert-OH is 1. The van der Waals surface area contributed by atoms with Gasteiger partial charge in [-0.1, -0.05) is 34.3 Å². The molecule has 0 aromatic rings. The van der Waals surface area contributed by atoms with Gasteiger partial charge in [0.15, 0.2) is 6.10 Å². The van der Waals surface area contributed by atoms with Gasteiger partial charge in [-0.05, 0) is 57.6 Å². The highest BCUT2D eigenvalue weighted by Crippen LogP contribution is 2.60. The van der Waals surface area contributed by atoms with E-state index in [-0.39, 0.29) is 12.2 Å². The highest BCUT2D eigenvalue weighted by molar-refractivity contribution is 5.83. The summed E-state index contributed by atoms with van der Waals surface area (Å²) >= 11 is 0. The molecule has 1 heterocycles. The van der Waals surface area contributed by atoms with Gasteiger partial charge in [-0.3, -0.25) is 19.2 Å². The van der Waals surface area contributed by atoms with Gasteiger partial charge in [-0.15, -0.1) is 0 Å². The van der Waals surface area contributed by atoms with E-state index in [1.54, 1.807) is 27.7 Å². The molecular weight excluding hydrogens is 612 g/mol.